The molecule has 5 nitrogen and oxygen atoms in total. The maximum absolute atomic E-state index is 5.85. The third-order valence-electron chi connectivity index (χ3n) is 2.76. The molecule has 0 unspecified atom stereocenters. The molecule has 6 heteroatoms. The van der Waals surface area contributed by atoms with Gasteiger partial charge < -0.3 is 15.8 Å². The van der Waals surface area contributed by atoms with Crippen molar-refractivity contribution < 1.29 is 4.74 Å². The largest absolute Gasteiger partial charge is 0.497 e. The van der Waals surface area contributed by atoms with Crippen molar-refractivity contribution in [1.82, 2.24) is 9.97 Å². The van der Waals surface area contributed by atoms with Gasteiger partial charge in [-0.2, -0.15) is 0 Å². The summed E-state index contributed by atoms with van der Waals surface area (Å²) in [7, 11) is 1.63. The summed E-state index contributed by atoms with van der Waals surface area (Å²) in [4.78, 5) is 8.24. The molecule has 100 valence electrons. The minimum absolute atomic E-state index is 0.499. The van der Waals surface area contributed by atoms with Gasteiger partial charge in [-0.3, -0.25) is 0 Å². The Labute approximate surface area is 120 Å². The smallest absolute Gasteiger partial charge is 0.139 e. The van der Waals surface area contributed by atoms with Crippen LogP contribution in [-0.2, 0) is 6.42 Å². The van der Waals surface area contributed by atoms with E-state index in [4.69, 9.17) is 10.5 Å². The van der Waals surface area contributed by atoms with E-state index in [1.165, 1.54) is 6.33 Å². The van der Waals surface area contributed by atoms with Gasteiger partial charge in [0.1, 0.15) is 23.7 Å². The van der Waals surface area contributed by atoms with Gasteiger partial charge >= 0.3 is 0 Å². The second kappa shape index (κ2) is 5.88. The number of rotatable bonds is 4. The van der Waals surface area contributed by atoms with Crippen molar-refractivity contribution in [2.75, 3.05) is 18.2 Å². The fourth-order valence-corrected chi connectivity index (χ4v) is 2.08. The highest BCUT2D eigenvalue weighted by atomic mass is 79.9. The monoisotopic (exact) mass is 322 g/mol. The number of hydrogen-bond donors (Lipinski definition) is 2. The van der Waals surface area contributed by atoms with E-state index in [0.717, 1.165) is 27.9 Å². The Bertz CT molecular complexity index is 589. The van der Waals surface area contributed by atoms with Gasteiger partial charge in [0.05, 0.1) is 12.8 Å². The maximum Gasteiger partial charge on any atom is 0.139 e. The van der Waals surface area contributed by atoms with Crippen molar-refractivity contribution in [2.45, 2.75) is 13.3 Å². The van der Waals surface area contributed by atoms with Crippen molar-refractivity contribution >= 4 is 33.3 Å². The Hall–Kier alpha value is -1.82. The summed E-state index contributed by atoms with van der Waals surface area (Å²) in [6.45, 7) is 2.01. The Kier molecular flexibility index (Phi) is 4.21. The number of methoxy groups -OCH3 is 1. The molecule has 0 saturated carbocycles. The fourth-order valence-electron chi connectivity index (χ4n) is 1.74. The Morgan fingerprint density at radius 3 is 2.84 bits per heavy atom. The lowest BCUT2D eigenvalue weighted by atomic mass is 10.2. The molecule has 1 aromatic carbocycles. The summed E-state index contributed by atoms with van der Waals surface area (Å²) < 4.78 is 6.13. The molecule has 2 rings (SSSR count). The number of nitrogens with one attached hydrogen (secondary N) is 1. The van der Waals surface area contributed by atoms with Crippen molar-refractivity contribution in [3.05, 3.63) is 34.6 Å². The first-order valence-corrected chi connectivity index (χ1v) is 6.65. The first kappa shape index (κ1) is 13.6. The quantitative estimate of drug-likeness (QED) is 0.904. The number of ether oxygens (including phenoxy) is 1. The molecule has 0 atom stereocenters. The number of nitrogen functional groups attached to an aromatic ring is 1. The molecule has 0 radical (unpaired) electrons. The number of nitrogens with two attached hydrogens (primary N) is 1. The first-order chi connectivity index (χ1) is 9.15. The van der Waals surface area contributed by atoms with Gasteiger partial charge in [0.15, 0.2) is 0 Å². The average Bonchev–Trinajstić information content (AvgIpc) is 2.41. The van der Waals surface area contributed by atoms with Gasteiger partial charge in [0, 0.05) is 16.1 Å². The van der Waals surface area contributed by atoms with Crippen LogP contribution in [0.4, 0.5) is 17.3 Å². The van der Waals surface area contributed by atoms with Crippen molar-refractivity contribution in [3.8, 4) is 5.75 Å². The molecule has 0 amide bonds. The van der Waals surface area contributed by atoms with Gasteiger partial charge in [-0.25, -0.2) is 9.97 Å². The maximum atomic E-state index is 5.85. The summed E-state index contributed by atoms with van der Waals surface area (Å²) in [6.07, 6.45) is 2.21. The zero-order chi connectivity index (χ0) is 13.8. The highest BCUT2D eigenvalue weighted by Gasteiger charge is 2.09. The minimum Gasteiger partial charge on any atom is -0.497 e. The number of halogens is 1. The van der Waals surface area contributed by atoms with Gasteiger partial charge in [0.25, 0.3) is 0 Å². The van der Waals surface area contributed by atoms with Crippen LogP contribution >= 0.6 is 15.9 Å². The molecule has 19 heavy (non-hydrogen) atoms. The van der Waals surface area contributed by atoms with E-state index in [9.17, 15) is 0 Å². The van der Waals surface area contributed by atoms with E-state index in [1.807, 2.05) is 25.1 Å². The molecular formula is C13H15BrN4O. The second-order valence-corrected chi connectivity index (χ2v) is 4.76. The minimum atomic E-state index is 0.499. The SMILES string of the molecule is CCc1c(N)ncnc1Nc1cc(OC)ccc1Br. The predicted molar refractivity (Wildman–Crippen MR) is 79.8 cm³/mol. The molecule has 0 fully saturated rings. The summed E-state index contributed by atoms with van der Waals surface area (Å²) in [5, 5.41) is 3.25. The van der Waals surface area contributed by atoms with Gasteiger partial charge in [-0.05, 0) is 34.5 Å². The molecule has 0 aliphatic rings. The Balaban J connectivity index is 2.38. The molecule has 0 aliphatic carbocycles. The van der Waals surface area contributed by atoms with Crippen LogP contribution < -0.4 is 15.8 Å². The summed E-state index contributed by atoms with van der Waals surface area (Å²) in [5.74, 6) is 1.98. The molecule has 0 aliphatic heterocycles. The molecular weight excluding hydrogens is 308 g/mol. The zero-order valence-electron chi connectivity index (χ0n) is 10.8. The van der Waals surface area contributed by atoms with E-state index in [-0.39, 0.29) is 0 Å². The normalized spacial score (nSPS) is 10.3. The number of benzene rings is 1. The highest BCUT2D eigenvalue weighted by molar-refractivity contribution is 9.10. The lowest BCUT2D eigenvalue weighted by Crippen LogP contribution is -2.04. The Morgan fingerprint density at radius 1 is 1.37 bits per heavy atom. The van der Waals surface area contributed by atoms with E-state index < -0.39 is 0 Å². The number of hydrogen-bond acceptors (Lipinski definition) is 5. The molecule has 3 N–H and O–H groups in total. The van der Waals surface area contributed by atoms with Crippen LogP contribution in [0.5, 0.6) is 5.75 Å². The lowest BCUT2D eigenvalue weighted by molar-refractivity contribution is 0.415. The molecule has 2 aromatic rings. The number of nitrogens with zero attached hydrogens (tertiary/aromatic N) is 2. The van der Waals surface area contributed by atoms with Crippen molar-refractivity contribution in [2.24, 2.45) is 0 Å². The number of aromatic nitrogens is 2. The average molecular weight is 323 g/mol. The number of anilines is 3. The standard InChI is InChI=1S/C13H15BrN4O/c1-3-9-12(15)16-7-17-13(9)18-11-6-8(19-2)4-5-10(11)14/h4-7H,3H2,1-2H3,(H3,15,16,17,18). The molecule has 0 saturated heterocycles. The van der Waals surface area contributed by atoms with Crippen molar-refractivity contribution in [3.63, 3.8) is 0 Å². The van der Waals surface area contributed by atoms with E-state index in [0.29, 0.717) is 11.6 Å². The molecule has 0 bridgehead atoms. The van der Waals surface area contributed by atoms with Crippen LogP contribution in [0.1, 0.15) is 12.5 Å². The zero-order valence-corrected chi connectivity index (χ0v) is 12.4. The molecule has 1 aromatic heterocycles. The third-order valence-corrected chi connectivity index (χ3v) is 3.45. The second-order valence-electron chi connectivity index (χ2n) is 3.91. The topological polar surface area (TPSA) is 73.1 Å². The van der Waals surface area contributed by atoms with Crippen molar-refractivity contribution in [1.29, 1.82) is 0 Å². The van der Waals surface area contributed by atoms with Gasteiger partial charge in [-0.1, -0.05) is 6.92 Å². The van der Waals surface area contributed by atoms with Gasteiger partial charge in [-0.15, -0.1) is 0 Å². The van der Waals surface area contributed by atoms with Crippen LogP contribution in [0.3, 0.4) is 0 Å². The van der Waals surface area contributed by atoms with E-state index in [1.54, 1.807) is 7.11 Å². The summed E-state index contributed by atoms with van der Waals surface area (Å²) in [6, 6.07) is 5.68. The molecule has 1 heterocycles. The van der Waals surface area contributed by atoms with E-state index in [2.05, 4.69) is 31.2 Å². The summed E-state index contributed by atoms with van der Waals surface area (Å²) >= 11 is 3.49. The van der Waals surface area contributed by atoms with Crippen LogP contribution in [-0.4, -0.2) is 17.1 Å². The van der Waals surface area contributed by atoms with Crippen LogP contribution in [0.15, 0.2) is 29.0 Å². The Morgan fingerprint density at radius 2 is 2.16 bits per heavy atom. The third kappa shape index (κ3) is 2.96. The predicted octanol–water partition coefficient (Wildman–Crippen LogP) is 3.14. The van der Waals surface area contributed by atoms with Gasteiger partial charge in [0.2, 0.25) is 0 Å². The van der Waals surface area contributed by atoms with Crippen LogP contribution in [0.2, 0.25) is 0 Å². The highest BCUT2D eigenvalue weighted by Crippen LogP contribution is 2.31. The summed E-state index contributed by atoms with van der Waals surface area (Å²) in [5.41, 5.74) is 7.62. The van der Waals surface area contributed by atoms with Crippen LogP contribution in [0, 0.1) is 0 Å². The van der Waals surface area contributed by atoms with Crippen LogP contribution in [0.25, 0.3) is 0 Å². The molecule has 0 spiro atoms. The fraction of sp³-hybridized carbons (Fsp3) is 0.231. The van der Waals surface area contributed by atoms with E-state index >= 15 is 0 Å². The lowest BCUT2D eigenvalue weighted by Gasteiger charge is -2.13. The first-order valence-electron chi connectivity index (χ1n) is 5.85.